The summed E-state index contributed by atoms with van der Waals surface area (Å²) in [6.07, 6.45) is 2.96. The predicted molar refractivity (Wildman–Crippen MR) is 113 cm³/mol. The molecule has 0 bridgehead atoms. The van der Waals surface area contributed by atoms with Gasteiger partial charge in [0.05, 0.1) is 17.2 Å². The summed E-state index contributed by atoms with van der Waals surface area (Å²) in [4.78, 5) is 40.8. The van der Waals surface area contributed by atoms with Gasteiger partial charge in [-0.2, -0.15) is 0 Å². The number of fused-ring (bicyclic) bond motifs is 1. The van der Waals surface area contributed by atoms with E-state index in [1.807, 2.05) is 13.0 Å². The van der Waals surface area contributed by atoms with E-state index < -0.39 is 0 Å². The van der Waals surface area contributed by atoms with Gasteiger partial charge in [-0.3, -0.25) is 14.2 Å². The third-order valence-corrected chi connectivity index (χ3v) is 4.20. The van der Waals surface area contributed by atoms with Crippen molar-refractivity contribution < 1.29 is 9.59 Å². The van der Waals surface area contributed by atoms with Crippen molar-refractivity contribution in [3.05, 3.63) is 77.4 Å². The molecule has 0 spiro atoms. The monoisotopic (exact) mass is 391 g/mol. The minimum Gasteiger partial charge on any atom is -0.334 e. The minimum atomic E-state index is -0.356. The first-order chi connectivity index (χ1) is 14.0. The van der Waals surface area contributed by atoms with E-state index in [9.17, 15) is 14.4 Å². The van der Waals surface area contributed by atoms with Crippen molar-refractivity contribution in [1.82, 2.24) is 14.9 Å². The zero-order valence-corrected chi connectivity index (χ0v) is 15.9. The van der Waals surface area contributed by atoms with E-state index in [0.29, 0.717) is 28.8 Å². The Bertz CT molecular complexity index is 1120. The summed E-state index contributed by atoms with van der Waals surface area (Å²) in [5.74, 6) is -0.356. The Morgan fingerprint density at radius 2 is 1.79 bits per heavy atom. The van der Waals surface area contributed by atoms with Gasteiger partial charge >= 0.3 is 6.03 Å². The van der Waals surface area contributed by atoms with Crippen molar-refractivity contribution >= 4 is 34.2 Å². The molecular weight excluding hydrogens is 370 g/mol. The maximum atomic E-state index is 12.6. The van der Waals surface area contributed by atoms with Gasteiger partial charge in [0.15, 0.2) is 0 Å². The van der Waals surface area contributed by atoms with Crippen LogP contribution in [0.3, 0.4) is 0 Å². The number of aromatic nitrogens is 2. The number of para-hydroxylation sites is 1. The van der Waals surface area contributed by atoms with Crippen LogP contribution in [0.2, 0.25) is 0 Å². The van der Waals surface area contributed by atoms with Gasteiger partial charge in [-0.05, 0) is 42.8 Å². The number of nitrogens with one attached hydrogen (secondary N) is 3. The van der Waals surface area contributed by atoms with Gasteiger partial charge in [0.1, 0.15) is 6.54 Å². The number of anilines is 2. The van der Waals surface area contributed by atoms with Gasteiger partial charge < -0.3 is 16.0 Å². The molecule has 0 unspecified atom stereocenters. The molecule has 2 aromatic carbocycles. The Balaban J connectivity index is 1.64. The number of nitrogens with zero attached hydrogens (tertiary/aromatic N) is 2. The summed E-state index contributed by atoms with van der Waals surface area (Å²) in [7, 11) is 0. The number of amides is 3. The molecule has 0 aliphatic rings. The van der Waals surface area contributed by atoms with Crippen LogP contribution in [0.15, 0.2) is 66.2 Å². The van der Waals surface area contributed by atoms with Gasteiger partial charge in [0.2, 0.25) is 5.91 Å². The largest absolute Gasteiger partial charge is 0.334 e. The Labute approximate surface area is 167 Å². The molecule has 0 atom stereocenters. The number of urea groups is 1. The molecule has 1 aromatic heterocycles. The third kappa shape index (κ3) is 4.86. The molecule has 1 heterocycles. The molecule has 0 saturated carbocycles. The first-order valence-electron chi connectivity index (χ1n) is 8.98. The third-order valence-electron chi connectivity index (χ3n) is 4.20. The zero-order chi connectivity index (χ0) is 20.8. The van der Waals surface area contributed by atoms with Crippen molar-refractivity contribution in [2.75, 3.05) is 17.2 Å². The molecule has 8 nitrogen and oxygen atoms in total. The molecule has 3 amide bonds. The molecule has 3 aromatic rings. The summed E-state index contributed by atoms with van der Waals surface area (Å²) in [5, 5.41) is 8.46. The molecule has 0 aliphatic heterocycles. The number of aryl methyl sites for hydroxylation is 1. The molecule has 3 N–H and O–H groups in total. The second kappa shape index (κ2) is 8.83. The Morgan fingerprint density at radius 1 is 1.10 bits per heavy atom. The van der Waals surface area contributed by atoms with Crippen LogP contribution in [0.5, 0.6) is 0 Å². The van der Waals surface area contributed by atoms with Crippen LogP contribution in [-0.4, -0.2) is 28.0 Å². The lowest BCUT2D eigenvalue weighted by Crippen LogP contribution is -2.28. The fourth-order valence-corrected chi connectivity index (χ4v) is 2.78. The van der Waals surface area contributed by atoms with E-state index in [1.54, 1.807) is 42.5 Å². The number of benzene rings is 2. The van der Waals surface area contributed by atoms with Crippen LogP contribution in [0.25, 0.3) is 10.9 Å². The fourth-order valence-electron chi connectivity index (χ4n) is 2.78. The molecule has 0 fully saturated rings. The van der Waals surface area contributed by atoms with Crippen LogP contribution in [0.4, 0.5) is 16.2 Å². The maximum Gasteiger partial charge on any atom is 0.319 e. The van der Waals surface area contributed by atoms with E-state index in [0.717, 1.165) is 5.56 Å². The van der Waals surface area contributed by atoms with Crippen molar-refractivity contribution in [3.8, 4) is 0 Å². The highest BCUT2D eigenvalue weighted by Gasteiger charge is 2.10. The SMILES string of the molecule is C=CCNC(=O)Nc1ccc(NC(=O)Cn2cnc3c(C)cccc3c2=O)cc1. The highest BCUT2D eigenvalue weighted by molar-refractivity contribution is 5.92. The maximum absolute atomic E-state index is 12.6. The highest BCUT2D eigenvalue weighted by Crippen LogP contribution is 2.14. The van der Waals surface area contributed by atoms with Crippen molar-refractivity contribution in [1.29, 1.82) is 0 Å². The zero-order valence-electron chi connectivity index (χ0n) is 15.9. The number of hydrogen-bond acceptors (Lipinski definition) is 4. The predicted octanol–water partition coefficient (Wildman–Crippen LogP) is 2.65. The van der Waals surface area contributed by atoms with E-state index in [4.69, 9.17) is 0 Å². The van der Waals surface area contributed by atoms with Crippen LogP contribution < -0.4 is 21.5 Å². The van der Waals surface area contributed by atoms with Gasteiger partial charge in [0.25, 0.3) is 5.56 Å². The van der Waals surface area contributed by atoms with Crippen molar-refractivity contribution in [3.63, 3.8) is 0 Å². The summed E-state index contributed by atoms with van der Waals surface area (Å²) in [6, 6.07) is 11.7. The number of carbonyl (C=O) groups excluding carboxylic acids is 2. The van der Waals surface area contributed by atoms with Crippen LogP contribution >= 0.6 is 0 Å². The molecule has 29 heavy (non-hydrogen) atoms. The minimum absolute atomic E-state index is 0.153. The Morgan fingerprint density at radius 3 is 2.48 bits per heavy atom. The van der Waals surface area contributed by atoms with Crippen LogP contribution in [0, 0.1) is 6.92 Å². The van der Waals surface area contributed by atoms with Gasteiger partial charge in [-0.1, -0.05) is 18.2 Å². The van der Waals surface area contributed by atoms with E-state index in [-0.39, 0.29) is 24.0 Å². The summed E-state index contributed by atoms with van der Waals surface area (Å²) in [5.41, 5.74) is 2.40. The number of rotatable bonds is 6. The first kappa shape index (κ1) is 19.8. The number of hydrogen-bond donors (Lipinski definition) is 3. The van der Waals surface area contributed by atoms with Gasteiger partial charge in [-0.25, -0.2) is 9.78 Å². The van der Waals surface area contributed by atoms with Crippen molar-refractivity contribution in [2.24, 2.45) is 0 Å². The Kier molecular flexibility index (Phi) is 6.03. The molecule has 148 valence electrons. The highest BCUT2D eigenvalue weighted by atomic mass is 16.2. The summed E-state index contributed by atoms with van der Waals surface area (Å²) in [6.45, 7) is 5.62. The average Bonchev–Trinajstić information content (AvgIpc) is 2.70. The molecular formula is C21H21N5O3. The quantitative estimate of drug-likeness (QED) is 0.562. The molecule has 8 heteroatoms. The normalized spacial score (nSPS) is 10.4. The Hall–Kier alpha value is -3.94. The topological polar surface area (TPSA) is 105 Å². The lowest BCUT2D eigenvalue weighted by Gasteiger charge is -2.10. The van der Waals surface area contributed by atoms with Gasteiger partial charge in [-0.15, -0.1) is 6.58 Å². The second-order valence-corrected chi connectivity index (χ2v) is 6.40. The molecule has 0 aliphatic carbocycles. The summed E-state index contributed by atoms with van der Waals surface area (Å²) < 4.78 is 1.27. The fraction of sp³-hybridized carbons (Fsp3) is 0.143. The van der Waals surface area contributed by atoms with Crippen molar-refractivity contribution in [2.45, 2.75) is 13.5 Å². The van der Waals surface area contributed by atoms with Gasteiger partial charge in [0, 0.05) is 17.9 Å². The standard InChI is InChI=1S/C21H21N5O3/c1-3-11-22-21(29)25-16-9-7-15(8-10-16)24-18(27)12-26-13-23-19-14(2)5-4-6-17(19)20(26)28/h3-10,13H,1,11-12H2,2H3,(H,24,27)(H2,22,25,29). The lowest BCUT2D eigenvalue weighted by atomic mass is 10.1. The van der Waals surface area contributed by atoms with E-state index in [2.05, 4.69) is 27.5 Å². The van der Waals surface area contributed by atoms with Crippen LogP contribution in [0.1, 0.15) is 5.56 Å². The second-order valence-electron chi connectivity index (χ2n) is 6.40. The first-order valence-corrected chi connectivity index (χ1v) is 8.98. The smallest absolute Gasteiger partial charge is 0.319 e. The van der Waals surface area contributed by atoms with E-state index >= 15 is 0 Å². The molecule has 0 radical (unpaired) electrons. The average molecular weight is 391 g/mol. The lowest BCUT2D eigenvalue weighted by molar-refractivity contribution is -0.116. The van der Waals surface area contributed by atoms with E-state index in [1.165, 1.54) is 10.9 Å². The number of carbonyl (C=O) groups is 2. The van der Waals surface area contributed by atoms with Crippen LogP contribution in [-0.2, 0) is 11.3 Å². The molecule has 3 rings (SSSR count). The molecule has 0 saturated heterocycles. The summed E-state index contributed by atoms with van der Waals surface area (Å²) >= 11 is 0.